The fourth-order valence-corrected chi connectivity index (χ4v) is 5.39. The molecule has 3 aromatic carbocycles. The van der Waals surface area contributed by atoms with Gasteiger partial charge < -0.3 is 4.90 Å². The van der Waals surface area contributed by atoms with E-state index >= 15 is 0 Å². The number of piperazine rings is 1. The molecule has 1 aliphatic heterocycles. The number of halogens is 1. The van der Waals surface area contributed by atoms with E-state index in [-0.39, 0.29) is 15.8 Å². The number of hydrogen-bond acceptors (Lipinski definition) is 4. The van der Waals surface area contributed by atoms with E-state index in [4.69, 9.17) is 11.6 Å². The Bertz CT molecular complexity index is 1220. The van der Waals surface area contributed by atoms with Crippen LogP contribution in [0.1, 0.15) is 21.5 Å². The van der Waals surface area contributed by atoms with Gasteiger partial charge in [-0.1, -0.05) is 59.6 Å². The van der Waals surface area contributed by atoms with Gasteiger partial charge in [0.1, 0.15) is 4.90 Å². The monoisotopic (exact) mass is 483 g/mol. The van der Waals surface area contributed by atoms with Crippen LogP contribution in [-0.2, 0) is 16.6 Å². The Morgan fingerprint density at radius 1 is 0.939 bits per heavy atom. The zero-order valence-electron chi connectivity index (χ0n) is 18.4. The molecular formula is C25H26ClN3O3S. The fourth-order valence-electron chi connectivity index (χ4n) is 3.81. The number of benzene rings is 3. The summed E-state index contributed by atoms with van der Waals surface area (Å²) in [6.07, 6.45) is 0. The molecule has 1 heterocycles. The van der Waals surface area contributed by atoms with Crippen molar-refractivity contribution in [2.24, 2.45) is 0 Å². The molecule has 0 atom stereocenters. The van der Waals surface area contributed by atoms with Crippen molar-refractivity contribution in [3.8, 4) is 0 Å². The van der Waals surface area contributed by atoms with Gasteiger partial charge >= 0.3 is 0 Å². The van der Waals surface area contributed by atoms with Crippen molar-refractivity contribution in [3.63, 3.8) is 0 Å². The van der Waals surface area contributed by atoms with E-state index in [2.05, 4.69) is 21.8 Å². The van der Waals surface area contributed by atoms with Gasteiger partial charge in [-0.05, 0) is 42.8 Å². The third-order valence-electron chi connectivity index (χ3n) is 5.68. The first-order valence-corrected chi connectivity index (χ1v) is 12.6. The second kappa shape index (κ2) is 9.95. The lowest BCUT2D eigenvalue weighted by Gasteiger charge is -2.34. The van der Waals surface area contributed by atoms with Crippen LogP contribution in [0.25, 0.3) is 0 Å². The third-order valence-corrected chi connectivity index (χ3v) is 7.54. The van der Waals surface area contributed by atoms with Gasteiger partial charge in [-0.2, -0.15) is 0 Å². The molecule has 1 saturated heterocycles. The van der Waals surface area contributed by atoms with Gasteiger partial charge in [-0.25, -0.2) is 8.42 Å². The van der Waals surface area contributed by atoms with E-state index in [1.807, 2.05) is 37.3 Å². The molecule has 1 amide bonds. The summed E-state index contributed by atoms with van der Waals surface area (Å²) in [5, 5.41) is 0.0684. The third kappa shape index (κ3) is 5.74. The molecule has 6 nitrogen and oxygen atoms in total. The van der Waals surface area contributed by atoms with E-state index < -0.39 is 10.0 Å². The number of amides is 1. The maximum atomic E-state index is 13.1. The van der Waals surface area contributed by atoms with Crippen LogP contribution in [0.4, 0.5) is 5.69 Å². The van der Waals surface area contributed by atoms with Gasteiger partial charge in [0.25, 0.3) is 15.9 Å². The zero-order valence-corrected chi connectivity index (χ0v) is 19.9. The fraction of sp³-hybridized carbons (Fsp3) is 0.240. The largest absolute Gasteiger partial charge is 0.336 e. The Morgan fingerprint density at radius 2 is 1.61 bits per heavy atom. The minimum absolute atomic E-state index is 0.0684. The predicted octanol–water partition coefficient (Wildman–Crippen LogP) is 4.41. The van der Waals surface area contributed by atoms with Crippen molar-refractivity contribution in [1.29, 1.82) is 0 Å². The number of hydrogen-bond donors (Lipinski definition) is 1. The summed E-state index contributed by atoms with van der Waals surface area (Å²) in [4.78, 5) is 17.1. The molecule has 0 spiro atoms. The number of carbonyl (C=O) groups excluding carboxylic acids is 1. The average Bonchev–Trinajstić information content (AvgIpc) is 2.81. The Morgan fingerprint density at radius 3 is 2.27 bits per heavy atom. The number of aryl methyl sites for hydroxylation is 1. The van der Waals surface area contributed by atoms with E-state index in [1.54, 1.807) is 23.1 Å². The number of carbonyl (C=O) groups is 1. The lowest BCUT2D eigenvalue weighted by Crippen LogP contribution is -2.48. The van der Waals surface area contributed by atoms with Crippen LogP contribution in [0.15, 0.2) is 77.7 Å². The molecule has 0 bridgehead atoms. The van der Waals surface area contributed by atoms with E-state index in [1.165, 1.54) is 17.7 Å². The summed E-state index contributed by atoms with van der Waals surface area (Å²) in [5.74, 6) is -0.196. The molecular weight excluding hydrogens is 458 g/mol. The van der Waals surface area contributed by atoms with Crippen molar-refractivity contribution in [2.75, 3.05) is 30.9 Å². The van der Waals surface area contributed by atoms with Gasteiger partial charge in [-0.15, -0.1) is 0 Å². The molecule has 33 heavy (non-hydrogen) atoms. The topological polar surface area (TPSA) is 69.7 Å². The Kier molecular flexibility index (Phi) is 7.02. The highest BCUT2D eigenvalue weighted by Gasteiger charge is 2.25. The van der Waals surface area contributed by atoms with Crippen molar-refractivity contribution in [1.82, 2.24) is 9.80 Å². The number of sulfonamides is 1. The first-order chi connectivity index (χ1) is 15.8. The summed E-state index contributed by atoms with van der Waals surface area (Å²) in [6, 6.07) is 21.6. The predicted molar refractivity (Wildman–Crippen MR) is 131 cm³/mol. The highest BCUT2D eigenvalue weighted by molar-refractivity contribution is 7.92. The molecule has 0 aromatic heterocycles. The number of rotatable bonds is 6. The molecule has 1 fully saturated rings. The second-order valence-corrected chi connectivity index (χ2v) is 10.2. The second-order valence-electron chi connectivity index (χ2n) is 8.17. The summed E-state index contributed by atoms with van der Waals surface area (Å²) in [5.41, 5.74) is 3.00. The molecule has 172 valence electrons. The number of nitrogens with one attached hydrogen (secondary N) is 1. The molecule has 0 aliphatic carbocycles. The summed E-state index contributed by atoms with van der Waals surface area (Å²) in [6.45, 7) is 5.45. The normalized spacial score (nSPS) is 14.8. The van der Waals surface area contributed by atoms with Crippen LogP contribution in [0.3, 0.4) is 0 Å². The lowest BCUT2D eigenvalue weighted by molar-refractivity contribution is 0.0628. The van der Waals surface area contributed by atoms with Crippen LogP contribution >= 0.6 is 11.6 Å². The molecule has 0 unspecified atom stereocenters. The van der Waals surface area contributed by atoms with Crippen LogP contribution < -0.4 is 4.72 Å². The number of anilines is 1. The van der Waals surface area contributed by atoms with Gasteiger partial charge in [0.15, 0.2) is 0 Å². The van der Waals surface area contributed by atoms with Gasteiger partial charge in [0.05, 0.1) is 5.02 Å². The van der Waals surface area contributed by atoms with Crippen LogP contribution in [0, 0.1) is 6.92 Å². The molecule has 0 saturated carbocycles. The van der Waals surface area contributed by atoms with Gasteiger partial charge in [0.2, 0.25) is 0 Å². The quantitative estimate of drug-likeness (QED) is 0.564. The number of nitrogens with zero attached hydrogens (tertiary/aromatic N) is 2. The Labute approximate surface area is 199 Å². The minimum atomic E-state index is -3.95. The molecule has 1 N–H and O–H groups in total. The van der Waals surface area contributed by atoms with Crippen LogP contribution in [-0.4, -0.2) is 50.3 Å². The van der Waals surface area contributed by atoms with Gasteiger partial charge in [0, 0.05) is 44.0 Å². The van der Waals surface area contributed by atoms with E-state index in [9.17, 15) is 13.2 Å². The molecule has 0 radical (unpaired) electrons. The lowest BCUT2D eigenvalue weighted by atomic mass is 10.1. The zero-order chi connectivity index (χ0) is 23.4. The highest BCUT2D eigenvalue weighted by atomic mass is 35.5. The Hall–Kier alpha value is -2.87. The van der Waals surface area contributed by atoms with Crippen molar-refractivity contribution in [2.45, 2.75) is 18.4 Å². The summed E-state index contributed by atoms with van der Waals surface area (Å²) < 4.78 is 28.4. The first kappa shape index (κ1) is 23.3. The standard InChI is InChI=1S/C25H26ClN3O3S/c1-19-7-10-22(11-8-19)27-33(31,32)24-17-21(9-12-23(24)26)25(30)29-15-13-28(14-16-29)18-20-5-3-2-4-6-20/h2-12,17,27H,13-16,18H2,1H3. The van der Waals surface area contributed by atoms with E-state index in [0.717, 1.165) is 25.2 Å². The maximum Gasteiger partial charge on any atom is 0.263 e. The average molecular weight is 484 g/mol. The minimum Gasteiger partial charge on any atom is -0.336 e. The molecule has 8 heteroatoms. The van der Waals surface area contributed by atoms with E-state index in [0.29, 0.717) is 24.3 Å². The van der Waals surface area contributed by atoms with Crippen molar-refractivity contribution < 1.29 is 13.2 Å². The maximum absolute atomic E-state index is 13.1. The van der Waals surface area contributed by atoms with Crippen molar-refractivity contribution >= 4 is 33.2 Å². The first-order valence-electron chi connectivity index (χ1n) is 10.8. The summed E-state index contributed by atoms with van der Waals surface area (Å²) >= 11 is 6.21. The highest BCUT2D eigenvalue weighted by Crippen LogP contribution is 2.26. The molecule has 3 aromatic rings. The smallest absolute Gasteiger partial charge is 0.263 e. The van der Waals surface area contributed by atoms with Crippen LogP contribution in [0.2, 0.25) is 5.02 Å². The van der Waals surface area contributed by atoms with Crippen molar-refractivity contribution in [3.05, 3.63) is 94.5 Å². The van der Waals surface area contributed by atoms with Gasteiger partial charge in [-0.3, -0.25) is 14.4 Å². The summed E-state index contributed by atoms with van der Waals surface area (Å²) in [7, 11) is -3.95. The Balaban J connectivity index is 1.44. The van der Waals surface area contributed by atoms with Crippen LogP contribution in [0.5, 0.6) is 0 Å². The molecule has 1 aliphatic rings. The molecule has 4 rings (SSSR count). The SMILES string of the molecule is Cc1ccc(NS(=O)(=O)c2cc(C(=O)N3CCN(Cc4ccccc4)CC3)ccc2Cl)cc1.